The van der Waals surface area contributed by atoms with Crippen LogP contribution in [-0.4, -0.2) is 38.5 Å². The number of esters is 1. The van der Waals surface area contributed by atoms with E-state index in [0.29, 0.717) is 11.3 Å². The number of hydrogen-bond donors (Lipinski definition) is 1. The molecular weight excluding hydrogens is 630 g/mol. The molecule has 226 valence electrons. The molecule has 12 nitrogen and oxygen atoms in total. The van der Waals surface area contributed by atoms with Crippen LogP contribution in [0.4, 0.5) is 13.2 Å². The molecule has 0 aliphatic rings. The van der Waals surface area contributed by atoms with Crippen LogP contribution in [0.3, 0.4) is 0 Å². The fourth-order valence-corrected chi connectivity index (χ4v) is 5.07. The Morgan fingerprint density at radius 3 is 2.50 bits per heavy atom. The van der Waals surface area contributed by atoms with Gasteiger partial charge in [0.25, 0.3) is 11.5 Å². The lowest BCUT2D eigenvalue weighted by Crippen LogP contribution is -2.36. The van der Waals surface area contributed by atoms with Gasteiger partial charge in [-0.1, -0.05) is 11.6 Å². The van der Waals surface area contributed by atoms with E-state index < -0.39 is 48.5 Å². The highest BCUT2D eigenvalue weighted by atomic mass is 35.5. The Labute approximate surface area is 248 Å². The van der Waals surface area contributed by atoms with Crippen molar-refractivity contribution in [1.82, 2.24) is 13.7 Å². The van der Waals surface area contributed by atoms with Crippen LogP contribution in [0.25, 0.3) is 22.4 Å². The molecule has 0 radical (unpaired) electrons. The molecule has 0 atom stereocenters. The van der Waals surface area contributed by atoms with Crippen LogP contribution in [0.2, 0.25) is 5.02 Å². The minimum Gasteiger partial charge on any atom is -0.444 e. The average molecular weight is 652 g/mol. The van der Waals surface area contributed by atoms with E-state index in [9.17, 15) is 32.3 Å². The highest BCUT2D eigenvalue weighted by Gasteiger charge is 2.32. The highest BCUT2D eigenvalue weighted by Crippen LogP contribution is 2.34. The first kappa shape index (κ1) is 32.7. The maximum absolute atomic E-state index is 13.1. The number of carbonyl (C=O) groups is 2. The van der Waals surface area contributed by atoms with Crippen molar-refractivity contribution in [3.8, 4) is 17.0 Å². The molecule has 4 aromatic rings. The number of alkyl halides is 3. The molecule has 0 aliphatic carbocycles. The predicted molar refractivity (Wildman–Crippen MR) is 148 cm³/mol. The van der Waals surface area contributed by atoms with Crippen LogP contribution in [0.15, 0.2) is 42.6 Å². The molecule has 0 bridgehead atoms. The molecule has 1 aromatic carbocycles. The minimum atomic E-state index is -4.95. The first-order valence-electron chi connectivity index (χ1n) is 11.6. The van der Waals surface area contributed by atoms with Crippen molar-refractivity contribution < 1.29 is 36.7 Å². The number of aromatic nitrogens is 3. The Hall–Kier alpha value is -3.86. The largest absolute Gasteiger partial charge is 0.573 e. The summed E-state index contributed by atoms with van der Waals surface area (Å²) in [5.74, 6) is -1.84. The summed E-state index contributed by atoms with van der Waals surface area (Å²) in [5, 5.41) is 1.25. The summed E-state index contributed by atoms with van der Waals surface area (Å²) in [6.45, 7) is 0.679. The number of thiazole rings is 1. The number of ether oxygens (including phenoxy) is 2. The fourth-order valence-electron chi connectivity index (χ4n) is 3.93. The van der Waals surface area contributed by atoms with Gasteiger partial charge in [0.15, 0.2) is 11.5 Å². The molecule has 3 aromatic heterocycles. The first-order valence-corrected chi connectivity index (χ1v) is 12.8. The lowest BCUT2D eigenvalue weighted by Gasteiger charge is -2.13. The molecule has 3 heterocycles. The van der Waals surface area contributed by atoms with Gasteiger partial charge in [-0.3, -0.25) is 28.1 Å². The third-order valence-corrected chi connectivity index (χ3v) is 7.07. The summed E-state index contributed by atoms with van der Waals surface area (Å²) in [6, 6.07) is 3.52. The lowest BCUT2D eigenvalue weighted by atomic mass is 10.1. The van der Waals surface area contributed by atoms with E-state index >= 15 is 0 Å². The number of carbonyl (C=O) groups excluding carboxylic acids is 2. The number of nitrogens with zero attached hydrogens (tertiary/aromatic N) is 4. The summed E-state index contributed by atoms with van der Waals surface area (Å²) < 4.78 is 55.9. The Balaban J connectivity index is 0.00000484. The number of benzene rings is 1. The maximum atomic E-state index is 13.1. The third kappa shape index (κ3) is 6.61. The van der Waals surface area contributed by atoms with Gasteiger partial charge in [0.1, 0.15) is 16.9 Å². The maximum Gasteiger partial charge on any atom is 0.573 e. The number of fused-ring (bicyclic) bond motifs is 1. The van der Waals surface area contributed by atoms with Gasteiger partial charge < -0.3 is 19.6 Å². The second-order valence-corrected chi connectivity index (χ2v) is 9.82. The zero-order valence-corrected chi connectivity index (χ0v) is 24.4. The molecule has 0 saturated carbocycles. The van der Waals surface area contributed by atoms with E-state index in [-0.39, 0.29) is 51.1 Å². The zero-order valence-electron chi connectivity index (χ0n) is 22.0. The van der Waals surface area contributed by atoms with Crippen molar-refractivity contribution in [3.63, 3.8) is 0 Å². The molecular formula is C24H22Cl2F3N5O7S. The molecule has 0 fully saturated rings. The van der Waals surface area contributed by atoms with Crippen LogP contribution < -0.4 is 26.5 Å². The molecule has 1 amide bonds. The number of aryl methyl sites for hydroxylation is 2. The van der Waals surface area contributed by atoms with E-state index in [2.05, 4.69) is 9.73 Å². The minimum absolute atomic E-state index is 0. The van der Waals surface area contributed by atoms with Crippen LogP contribution in [0, 0.1) is 6.92 Å². The smallest absolute Gasteiger partial charge is 0.444 e. The quantitative estimate of drug-likeness (QED) is 0.299. The Morgan fingerprint density at radius 1 is 1.19 bits per heavy atom. The van der Waals surface area contributed by atoms with Crippen LogP contribution in [-0.2, 0) is 41.6 Å². The van der Waals surface area contributed by atoms with Gasteiger partial charge in [0.05, 0.1) is 23.7 Å². The van der Waals surface area contributed by atoms with Crippen molar-refractivity contribution in [2.45, 2.75) is 26.4 Å². The Bertz CT molecular complexity index is 1870. The monoisotopic (exact) mass is 651 g/mol. The molecule has 0 saturated heterocycles. The summed E-state index contributed by atoms with van der Waals surface area (Å²) >= 11 is 6.97. The molecule has 18 heteroatoms. The van der Waals surface area contributed by atoms with Gasteiger partial charge in [-0.05, 0) is 25.1 Å². The summed E-state index contributed by atoms with van der Waals surface area (Å²) in [7, 11) is 2.73. The number of rotatable bonds is 7. The van der Waals surface area contributed by atoms with E-state index in [0.717, 1.165) is 26.5 Å². The average Bonchev–Trinajstić information content (AvgIpc) is 3.45. The van der Waals surface area contributed by atoms with Gasteiger partial charge in [-0.15, -0.1) is 36.9 Å². The molecule has 2 N–H and O–H groups in total. The summed E-state index contributed by atoms with van der Waals surface area (Å²) in [4.78, 5) is 54.0. The second kappa shape index (κ2) is 12.6. The van der Waals surface area contributed by atoms with Crippen molar-refractivity contribution in [2.75, 3.05) is 6.54 Å². The molecule has 42 heavy (non-hydrogen) atoms. The normalized spacial score (nSPS) is 12.0. The predicted octanol–water partition coefficient (Wildman–Crippen LogP) is 2.77. The van der Waals surface area contributed by atoms with Gasteiger partial charge in [0.2, 0.25) is 5.71 Å². The number of amides is 1. The van der Waals surface area contributed by atoms with Crippen LogP contribution in [0.5, 0.6) is 5.75 Å². The van der Waals surface area contributed by atoms with Gasteiger partial charge >= 0.3 is 18.0 Å². The van der Waals surface area contributed by atoms with Gasteiger partial charge in [0, 0.05) is 30.6 Å². The van der Waals surface area contributed by atoms with Crippen molar-refractivity contribution in [1.29, 1.82) is 0 Å². The Kier molecular flexibility index (Phi) is 9.77. The number of furan rings is 1. The van der Waals surface area contributed by atoms with Gasteiger partial charge in [-0.2, -0.15) is 4.99 Å². The summed E-state index contributed by atoms with van der Waals surface area (Å²) in [5.41, 5.74) is 4.93. The topological polar surface area (TPSA) is 153 Å². The van der Waals surface area contributed by atoms with Crippen molar-refractivity contribution in [2.24, 2.45) is 24.8 Å². The first-order chi connectivity index (χ1) is 19.2. The standard InChI is InChI=1S/C24H21ClF3N5O7S.ClH/c1-11-13(19-20(36)31(2)23(37)32(3)21(19)39-11)7-17(34)30-22-33(10-38-18(35)8-29)15(9-41-22)12-4-5-16(14(25)6-12)40-24(26,27)28;/h4-6,9H,7-8,10,29H2,1-3H3;1H. The third-order valence-electron chi connectivity index (χ3n) is 5.91. The molecule has 0 unspecified atom stereocenters. The van der Waals surface area contributed by atoms with Gasteiger partial charge in [-0.25, -0.2) is 4.79 Å². The number of halogens is 5. The SMILES string of the molecule is Cc1oc2c(c1CC(=O)N=c1scc(-c3ccc(OC(F)(F)F)c(Cl)c3)n1COC(=O)CN)c(=O)n(C)c(=O)n2C.Cl. The molecule has 0 aliphatic heterocycles. The Morgan fingerprint density at radius 2 is 1.88 bits per heavy atom. The second-order valence-electron chi connectivity index (χ2n) is 8.58. The zero-order chi connectivity index (χ0) is 30.2. The van der Waals surface area contributed by atoms with Crippen molar-refractivity contribution in [3.05, 3.63) is 65.6 Å². The fraction of sp³-hybridized carbons (Fsp3) is 0.292. The molecule has 0 spiro atoms. The number of nitrogens with two attached hydrogens (primary N) is 1. The summed E-state index contributed by atoms with van der Waals surface area (Å²) in [6.07, 6.45) is -5.31. The van der Waals surface area contributed by atoms with E-state index in [1.54, 1.807) is 0 Å². The highest BCUT2D eigenvalue weighted by molar-refractivity contribution is 7.07. The molecule has 4 rings (SSSR count). The number of hydrogen-bond acceptors (Lipinski definition) is 9. The van der Waals surface area contributed by atoms with E-state index in [1.807, 2.05) is 0 Å². The van der Waals surface area contributed by atoms with E-state index in [1.165, 1.54) is 43.1 Å². The van der Waals surface area contributed by atoms with Crippen LogP contribution in [0.1, 0.15) is 11.3 Å². The lowest BCUT2D eigenvalue weighted by molar-refractivity contribution is -0.274. The van der Waals surface area contributed by atoms with Crippen LogP contribution >= 0.6 is 35.3 Å². The van der Waals surface area contributed by atoms with Crippen molar-refractivity contribution >= 4 is 58.3 Å². The van der Waals surface area contributed by atoms with E-state index in [4.69, 9.17) is 26.5 Å².